The highest BCUT2D eigenvalue weighted by atomic mass is 19.1. The molecule has 0 saturated carbocycles. The van der Waals surface area contributed by atoms with Gasteiger partial charge in [-0.25, -0.2) is 13.8 Å². The average Bonchev–Trinajstić information content (AvgIpc) is 2.44. The molecule has 6 heteroatoms. The molecule has 0 aliphatic heterocycles. The highest BCUT2D eigenvalue weighted by molar-refractivity contribution is 6.03. The summed E-state index contributed by atoms with van der Waals surface area (Å²) in [6, 6.07) is 6.51. The first-order chi connectivity index (χ1) is 9.61. The van der Waals surface area contributed by atoms with Crippen LogP contribution < -0.4 is 10.6 Å². The molecule has 4 nitrogen and oxygen atoms in total. The number of hydrogen-bond donors (Lipinski definition) is 2. The molecular formula is C14H13F2N3O. The van der Waals surface area contributed by atoms with Crippen molar-refractivity contribution < 1.29 is 13.6 Å². The van der Waals surface area contributed by atoms with E-state index in [1.807, 2.05) is 6.92 Å². The molecule has 0 unspecified atom stereocenters. The third kappa shape index (κ3) is 3.09. The number of nitrogens with zero attached hydrogens (tertiary/aromatic N) is 1. The van der Waals surface area contributed by atoms with E-state index in [1.54, 1.807) is 6.07 Å². The van der Waals surface area contributed by atoms with Crippen LogP contribution in [0.3, 0.4) is 0 Å². The molecule has 2 N–H and O–H groups in total. The Bertz CT molecular complexity index is 594. The smallest absolute Gasteiger partial charge is 0.274 e. The van der Waals surface area contributed by atoms with Crippen LogP contribution in [0.4, 0.5) is 20.2 Å². The van der Waals surface area contributed by atoms with Crippen molar-refractivity contribution in [3.05, 3.63) is 53.9 Å². The van der Waals surface area contributed by atoms with E-state index in [0.29, 0.717) is 0 Å². The van der Waals surface area contributed by atoms with Gasteiger partial charge in [0.05, 0.1) is 11.9 Å². The number of amides is 1. The van der Waals surface area contributed by atoms with E-state index in [0.717, 1.165) is 24.4 Å². The van der Waals surface area contributed by atoms with Crippen LogP contribution in [0.15, 0.2) is 36.5 Å². The Kier molecular flexibility index (Phi) is 4.24. The molecule has 1 aromatic carbocycles. The summed E-state index contributed by atoms with van der Waals surface area (Å²) in [5.74, 6) is -2.33. The maximum atomic E-state index is 13.4. The summed E-state index contributed by atoms with van der Waals surface area (Å²) < 4.78 is 26.8. The van der Waals surface area contributed by atoms with Crippen molar-refractivity contribution in [1.29, 1.82) is 0 Å². The molecule has 0 aliphatic carbocycles. The first kappa shape index (κ1) is 13.9. The maximum Gasteiger partial charge on any atom is 0.274 e. The van der Waals surface area contributed by atoms with Gasteiger partial charge < -0.3 is 10.6 Å². The van der Waals surface area contributed by atoms with E-state index in [9.17, 15) is 13.6 Å². The minimum absolute atomic E-state index is 0.0781. The summed E-state index contributed by atoms with van der Waals surface area (Å²) in [5.41, 5.74) is 0.366. The number of anilines is 2. The number of pyridine rings is 1. The number of aromatic nitrogens is 1. The monoisotopic (exact) mass is 277 g/mol. The predicted molar refractivity (Wildman–Crippen MR) is 72.7 cm³/mol. The van der Waals surface area contributed by atoms with Crippen molar-refractivity contribution in [3.8, 4) is 0 Å². The van der Waals surface area contributed by atoms with Crippen molar-refractivity contribution in [3.63, 3.8) is 0 Å². The van der Waals surface area contributed by atoms with Crippen molar-refractivity contribution in [2.45, 2.75) is 6.92 Å². The zero-order valence-electron chi connectivity index (χ0n) is 10.8. The molecular weight excluding hydrogens is 264 g/mol. The fraction of sp³-hybridized carbons (Fsp3) is 0.143. The van der Waals surface area contributed by atoms with Gasteiger partial charge in [0, 0.05) is 6.54 Å². The summed E-state index contributed by atoms with van der Waals surface area (Å²) >= 11 is 0. The van der Waals surface area contributed by atoms with Crippen LogP contribution in [0.25, 0.3) is 0 Å². The van der Waals surface area contributed by atoms with Gasteiger partial charge in [-0.15, -0.1) is 0 Å². The van der Waals surface area contributed by atoms with Crippen LogP contribution in [0.1, 0.15) is 17.4 Å². The number of carbonyl (C=O) groups is 1. The minimum atomic E-state index is -0.831. The van der Waals surface area contributed by atoms with Gasteiger partial charge in [-0.2, -0.15) is 0 Å². The molecule has 0 aliphatic rings. The van der Waals surface area contributed by atoms with Crippen molar-refractivity contribution in [1.82, 2.24) is 4.98 Å². The van der Waals surface area contributed by atoms with E-state index in [1.165, 1.54) is 18.3 Å². The molecule has 1 amide bonds. The van der Waals surface area contributed by atoms with Crippen LogP contribution in [0, 0.1) is 11.6 Å². The third-order valence-corrected chi connectivity index (χ3v) is 2.58. The van der Waals surface area contributed by atoms with E-state index in [-0.39, 0.29) is 5.69 Å². The van der Waals surface area contributed by atoms with E-state index < -0.39 is 23.2 Å². The second-order valence-corrected chi connectivity index (χ2v) is 4.01. The first-order valence-electron chi connectivity index (χ1n) is 6.07. The number of nitrogens with one attached hydrogen (secondary N) is 2. The molecule has 2 aromatic rings. The summed E-state index contributed by atoms with van der Waals surface area (Å²) in [5, 5.41) is 5.20. The number of benzene rings is 1. The van der Waals surface area contributed by atoms with Gasteiger partial charge >= 0.3 is 0 Å². The zero-order chi connectivity index (χ0) is 14.5. The molecule has 1 heterocycles. The Morgan fingerprint density at radius 2 is 1.90 bits per heavy atom. The molecule has 0 spiro atoms. The lowest BCUT2D eigenvalue weighted by Gasteiger charge is -2.07. The van der Waals surface area contributed by atoms with Crippen LogP contribution in [-0.2, 0) is 0 Å². The molecule has 0 radical (unpaired) electrons. The molecule has 0 atom stereocenters. The number of halogens is 2. The van der Waals surface area contributed by atoms with Crippen LogP contribution in [0.5, 0.6) is 0 Å². The predicted octanol–water partition coefficient (Wildman–Crippen LogP) is 3.04. The van der Waals surface area contributed by atoms with Crippen molar-refractivity contribution in [2.75, 3.05) is 17.2 Å². The zero-order valence-corrected chi connectivity index (χ0v) is 10.8. The topological polar surface area (TPSA) is 54.0 Å². The Hall–Kier alpha value is -2.50. The second-order valence-electron chi connectivity index (χ2n) is 4.01. The summed E-state index contributed by atoms with van der Waals surface area (Å²) in [6.07, 6.45) is 1.48. The molecule has 20 heavy (non-hydrogen) atoms. The number of hydrogen-bond acceptors (Lipinski definition) is 3. The first-order valence-corrected chi connectivity index (χ1v) is 6.07. The van der Waals surface area contributed by atoms with Gasteiger partial charge in [-0.1, -0.05) is 6.07 Å². The van der Waals surface area contributed by atoms with Gasteiger partial charge in [0.1, 0.15) is 23.0 Å². The van der Waals surface area contributed by atoms with E-state index in [2.05, 4.69) is 15.6 Å². The molecule has 0 saturated heterocycles. The normalized spacial score (nSPS) is 10.2. The molecule has 0 fully saturated rings. The molecule has 0 bridgehead atoms. The molecule has 104 valence electrons. The van der Waals surface area contributed by atoms with Crippen LogP contribution in [0.2, 0.25) is 0 Å². The van der Waals surface area contributed by atoms with Gasteiger partial charge in [0.15, 0.2) is 0 Å². The van der Waals surface area contributed by atoms with Crippen molar-refractivity contribution >= 4 is 17.3 Å². The van der Waals surface area contributed by atoms with Crippen LogP contribution >= 0.6 is 0 Å². The average molecular weight is 277 g/mol. The summed E-state index contributed by atoms with van der Waals surface area (Å²) in [4.78, 5) is 15.8. The highest BCUT2D eigenvalue weighted by Crippen LogP contribution is 2.18. The van der Waals surface area contributed by atoms with E-state index in [4.69, 9.17) is 0 Å². The fourth-order valence-corrected chi connectivity index (χ4v) is 1.63. The fourth-order valence-electron chi connectivity index (χ4n) is 1.63. The van der Waals surface area contributed by atoms with Gasteiger partial charge in [0.2, 0.25) is 0 Å². The lowest BCUT2D eigenvalue weighted by Crippen LogP contribution is -2.15. The maximum absolute atomic E-state index is 13.4. The largest absolute Gasteiger partial charge is 0.384 e. The summed E-state index contributed by atoms with van der Waals surface area (Å²) in [6.45, 7) is 2.66. The Balaban J connectivity index is 2.16. The number of rotatable bonds is 4. The Morgan fingerprint density at radius 3 is 2.45 bits per heavy atom. The summed E-state index contributed by atoms with van der Waals surface area (Å²) in [7, 11) is 0. The third-order valence-electron chi connectivity index (χ3n) is 2.58. The van der Waals surface area contributed by atoms with E-state index >= 15 is 0 Å². The minimum Gasteiger partial charge on any atom is -0.384 e. The highest BCUT2D eigenvalue weighted by Gasteiger charge is 2.14. The van der Waals surface area contributed by atoms with Crippen LogP contribution in [-0.4, -0.2) is 17.4 Å². The van der Waals surface area contributed by atoms with Crippen molar-refractivity contribution in [2.24, 2.45) is 0 Å². The molecule has 1 aromatic heterocycles. The molecule has 2 rings (SSSR count). The number of para-hydroxylation sites is 1. The Morgan fingerprint density at radius 1 is 1.20 bits per heavy atom. The SMILES string of the molecule is CCNc1ccc(C(=O)Nc2c(F)cccc2F)nc1. The Labute approximate surface area is 114 Å². The number of carbonyl (C=O) groups excluding carboxylic acids is 1. The lowest BCUT2D eigenvalue weighted by molar-refractivity contribution is 0.102. The van der Waals surface area contributed by atoms with Gasteiger partial charge in [-0.05, 0) is 31.2 Å². The standard InChI is InChI=1S/C14H13F2N3O/c1-2-17-9-6-7-12(18-8-9)14(20)19-13-10(15)4-3-5-11(13)16/h3-8,17H,2H2,1H3,(H,19,20). The second kappa shape index (κ2) is 6.10. The quantitative estimate of drug-likeness (QED) is 0.903. The lowest BCUT2D eigenvalue weighted by atomic mass is 10.2. The van der Waals surface area contributed by atoms with Gasteiger partial charge in [-0.3, -0.25) is 4.79 Å². The van der Waals surface area contributed by atoms with Gasteiger partial charge in [0.25, 0.3) is 5.91 Å².